The van der Waals surface area contributed by atoms with Gasteiger partial charge in [-0.1, -0.05) is 25.3 Å². The highest BCUT2D eigenvalue weighted by Gasteiger charge is 2.56. The van der Waals surface area contributed by atoms with Gasteiger partial charge in [0.1, 0.15) is 11.6 Å². The minimum Gasteiger partial charge on any atom is -0.389 e. The van der Waals surface area contributed by atoms with Gasteiger partial charge in [-0.15, -0.1) is 6.42 Å². The Morgan fingerprint density at radius 2 is 2.15 bits per heavy atom. The number of benzene rings is 1. The van der Waals surface area contributed by atoms with Gasteiger partial charge in [0.15, 0.2) is 0 Å². The number of hydrogen-bond acceptors (Lipinski definition) is 4. The third-order valence-electron chi connectivity index (χ3n) is 8.09. The second kappa shape index (κ2) is 8.32. The van der Waals surface area contributed by atoms with Gasteiger partial charge in [0, 0.05) is 23.5 Å². The van der Waals surface area contributed by atoms with E-state index in [2.05, 4.69) is 35.1 Å². The fourth-order valence-electron chi connectivity index (χ4n) is 6.78. The Hall–Kier alpha value is -3.04. The van der Waals surface area contributed by atoms with Crippen molar-refractivity contribution in [1.29, 1.82) is 0 Å². The first kappa shape index (κ1) is 22.7. The van der Waals surface area contributed by atoms with Gasteiger partial charge in [0.25, 0.3) is 0 Å². The predicted octanol–water partition coefficient (Wildman–Crippen LogP) is 3.21. The fourth-order valence-corrected chi connectivity index (χ4v) is 6.78. The van der Waals surface area contributed by atoms with Gasteiger partial charge < -0.3 is 10.4 Å². The van der Waals surface area contributed by atoms with E-state index in [0.29, 0.717) is 36.1 Å². The number of fused-ring (bicyclic) bond motifs is 2. The Labute approximate surface area is 199 Å². The topological polar surface area (TPSA) is 74.6 Å². The molecule has 2 heterocycles. The summed E-state index contributed by atoms with van der Waals surface area (Å²) in [6.45, 7) is 5.14. The highest BCUT2D eigenvalue weighted by molar-refractivity contribution is 5.90. The van der Waals surface area contributed by atoms with Gasteiger partial charge in [-0.05, 0) is 79.2 Å². The van der Waals surface area contributed by atoms with Gasteiger partial charge in [-0.2, -0.15) is 0 Å². The van der Waals surface area contributed by atoms with Crippen LogP contribution < -0.4 is 15.9 Å². The largest absolute Gasteiger partial charge is 0.389 e. The summed E-state index contributed by atoms with van der Waals surface area (Å²) in [6.07, 6.45) is 9.99. The number of terminal acetylenes is 1. The number of carbonyl (C=O) groups excluding carboxylic acids is 1. The molecule has 176 valence electrons. The number of nitrogens with zero attached hydrogens (tertiary/aromatic N) is 2. The molecule has 3 aliphatic rings. The summed E-state index contributed by atoms with van der Waals surface area (Å²) in [5, 5.41) is 16.0. The van der Waals surface area contributed by atoms with Gasteiger partial charge in [0.05, 0.1) is 17.4 Å². The number of aliphatic hydroxyl groups is 1. The molecule has 2 aromatic rings. The summed E-state index contributed by atoms with van der Waals surface area (Å²) in [6, 6.07) is 8.28. The molecule has 2 N–H and O–H groups in total. The highest BCUT2D eigenvalue weighted by Crippen LogP contribution is 2.61. The first-order valence-electron chi connectivity index (χ1n) is 12.0. The van der Waals surface area contributed by atoms with E-state index in [9.17, 15) is 14.3 Å². The molecular weight excluding hydrogens is 429 g/mol. The summed E-state index contributed by atoms with van der Waals surface area (Å²) in [7, 11) is 0. The van der Waals surface area contributed by atoms with E-state index < -0.39 is 5.60 Å². The van der Waals surface area contributed by atoms with Crippen LogP contribution in [0.2, 0.25) is 0 Å². The number of aromatic nitrogens is 1. The van der Waals surface area contributed by atoms with Gasteiger partial charge >= 0.3 is 0 Å². The van der Waals surface area contributed by atoms with Crippen LogP contribution in [0.25, 0.3) is 5.57 Å². The van der Waals surface area contributed by atoms with E-state index in [1.54, 1.807) is 24.3 Å². The second-order valence-electron chi connectivity index (χ2n) is 10.8. The first-order valence-corrected chi connectivity index (χ1v) is 12.0. The average molecular weight is 460 g/mol. The molecule has 6 heteroatoms. The zero-order valence-corrected chi connectivity index (χ0v) is 19.6. The lowest BCUT2D eigenvalue weighted by atomic mass is 9.78. The van der Waals surface area contributed by atoms with Gasteiger partial charge in [-0.25, -0.2) is 9.37 Å². The highest BCUT2D eigenvalue weighted by atomic mass is 19.1. The van der Waals surface area contributed by atoms with Crippen LogP contribution in [0, 0.1) is 41.3 Å². The Morgan fingerprint density at radius 3 is 2.85 bits per heavy atom. The zero-order chi connectivity index (χ0) is 24.1. The third-order valence-corrected chi connectivity index (χ3v) is 8.09. The number of rotatable bonds is 4. The summed E-state index contributed by atoms with van der Waals surface area (Å²) in [4.78, 5) is 21.5. The lowest BCUT2D eigenvalue weighted by Gasteiger charge is -2.30. The van der Waals surface area contributed by atoms with Crippen molar-refractivity contribution >= 4 is 17.3 Å². The van der Waals surface area contributed by atoms with E-state index in [1.165, 1.54) is 17.8 Å². The van der Waals surface area contributed by atoms with Crippen LogP contribution in [0.3, 0.4) is 0 Å². The Morgan fingerprint density at radius 1 is 1.32 bits per heavy atom. The molecule has 0 saturated heterocycles. The quantitative estimate of drug-likeness (QED) is 0.690. The van der Waals surface area contributed by atoms with E-state index in [-0.39, 0.29) is 29.5 Å². The van der Waals surface area contributed by atoms with Crippen LogP contribution >= 0.6 is 0 Å². The molecule has 0 spiro atoms. The van der Waals surface area contributed by atoms with Crippen molar-refractivity contribution in [3.63, 3.8) is 0 Å². The predicted molar refractivity (Wildman–Crippen MR) is 129 cm³/mol. The van der Waals surface area contributed by atoms with Crippen molar-refractivity contribution in [2.45, 2.75) is 51.6 Å². The third kappa shape index (κ3) is 4.14. The lowest BCUT2D eigenvalue weighted by molar-refractivity contribution is -0.121. The summed E-state index contributed by atoms with van der Waals surface area (Å²) < 4.78 is 14.1. The molecular formula is C28H30FN3O2. The summed E-state index contributed by atoms with van der Waals surface area (Å²) >= 11 is 0. The molecule has 1 aromatic carbocycles. The molecule has 34 heavy (non-hydrogen) atoms. The Bertz CT molecular complexity index is 1300. The molecule has 2 fully saturated rings. The number of halogens is 1. The lowest BCUT2D eigenvalue weighted by Crippen LogP contribution is -2.37. The molecule has 1 aromatic heterocycles. The van der Waals surface area contributed by atoms with Crippen LogP contribution in [0.4, 0.5) is 10.2 Å². The van der Waals surface area contributed by atoms with Crippen LogP contribution in [0.5, 0.6) is 0 Å². The van der Waals surface area contributed by atoms with E-state index in [0.717, 1.165) is 30.0 Å². The van der Waals surface area contributed by atoms with Crippen molar-refractivity contribution in [3.05, 3.63) is 58.5 Å². The number of amides is 1. The normalized spacial score (nSPS) is 31.9. The summed E-state index contributed by atoms with van der Waals surface area (Å²) in [5.74, 6) is 3.39. The van der Waals surface area contributed by atoms with Crippen molar-refractivity contribution in [2.75, 3.05) is 11.9 Å². The van der Waals surface area contributed by atoms with Crippen molar-refractivity contribution in [1.82, 2.24) is 4.98 Å². The fraction of sp³-hybridized carbons (Fsp3) is 0.464. The number of pyridine rings is 1. The standard InChI is InChI=1S/C28H30FN3O2/c1-4-18-5-8-24(31-15-18)32-25(33)13-28(34)12-20-9-19(11-27(20,3)16-28)26-17(2)14-30-23-7-6-21(29)10-22(23)26/h1,5-8,10,15,17,19-20,34H,9,11-14,16H2,2-3H3,(H,31,32,33). The molecule has 1 amide bonds. The number of hydrogen-bond donors (Lipinski definition) is 2. The minimum absolute atomic E-state index is 0.0439. The number of carbonyl (C=O) groups is 1. The van der Waals surface area contributed by atoms with E-state index >= 15 is 0 Å². The SMILES string of the molecule is C#Cc1ccc(NC(=O)CC2(O)CC3CC(C4=c5cc(F)ccc5=NCC4C)CC3(C)C2)nc1. The van der Waals surface area contributed by atoms with Crippen LogP contribution in [0.1, 0.15) is 51.5 Å². The molecule has 1 aliphatic heterocycles. The molecule has 5 atom stereocenters. The molecule has 2 aliphatic carbocycles. The Balaban J connectivity index is 1.30. The van der Waals surface area contributed by atoms with Crippen molar-refractivity contribution in [3.8, 4) is 12.3 Å². The smallest absolute Gasteiger partial charge is 0.228 e. The second-order valence-corrected chi connectivity index (χ2v) is 10.8. The number of nitrogens with one attached hydrogen (secondary N) is 1. The molecule has 0 bridgehead atoms. The van der Waals surface area contributed by atoms with Crippen molar-refractivity contribution < 1.29 is 14.3 Å². The molecule has 0 radical (unpaired) electrons. The number of anilines is 1. The minimum atomic E-state index is -1.03. The van der Waals surface area contributed by atoms with Crippen LogP contribution in [-0.2, 0) is 4.79 Å². The average Bonchev–Trinajstić information content (AvgIpc) is 3.20. The van der Waals surface area contributed by atoms with Crippen LogP contribution in [0.15, 0.2) is 41.5 Å². The molecule has 5 nitrogen and oxygen atoms in total. The van der Waals surface area contributed by atoms with Crippen molar-refractivity contribution in [2.24, 2.45) is 28.2 Å². The van der Waals surface area contributed by atoms with E-state index in [1.807, 2.05) is 0 Å². The van der Waals surface area contributed by atoms with Crippen LogP contribution in [-0.4, -0.2) is 28.1 Å². The summed E-state index contributed by atoms with van der Waals surface area (Å²) in [5.41, 5.74) is 0.867. The van der Waals surface area contributed by atoms with Gasteiger partial charge in [0.2, 0.25) is 5.91 Å². The van der Waals surface area contributed by atoms with E-state index in [4.69, 9.17) is 6.42 Å². The monoisotopic (exact) mass is 459 g/mol. The maximum absolute atomic E-state index is 14.1. The first-order chi connectivity index (χ1) is 16.2. The Kier molecular flexibility index (Phi) is 5.56. The maximum atomic E-state index is 14.1. The maximum Gasteiger partial charge on any atom is 0.228 e. The molecule has 5 unspecified atom stereocenters. The molecule has 5 rings (SSSR count). The zero-order valence-electron chi connectivity index (χ0n) is 19.6. The van der Waals surface area contributed by atoms with Gasteiger partial charge in [-0.3, -0.25) is 9.79 Å². The molecule has 2 saturated carbocycles.